The first kappa shape index (κ1) is 12.1. The normalized spacial score (nSPS) is 10.6. The summed E-state index contributed by atoms with van der Waals surface area (Å²) in [5, 5.41) is 5.57. The summed E-state index contributed by atoms with van der Waals surface area (Å²) in [4.78, 5) is 0. The average molecular weight is 313 g/mol. The van der Waals surface area contributed by atoms with Crippen molar-refractivity contribution in [2.75, 3.05) is 11.1 Å². The second-order valence-electron chi connectivity index (χ2n) is 4.38. The molecule has 3 rings (SSSR count). The monoisotopic (exact) mass is 312 g/mol. The van der Waals surface area contributed by atoms with E-state index in [-0.39, 0.29) is 0 Å². The molecular weight excluding hydrogens is 300 g/mol. The number of anilines is 3. The zero-order valence-electron chi connectivity index (χ0n) is 10.2. The molecule has 0 aromatic heterocycles. The highest BCUT2D eigenvalue weighted by Gasteiger charge is 2.04. The molecule has 3 heteroatoms. The molecule has 0 atom stereocenters. The summed E-state index contributed by atoms with van der Waals surface area (Å²) in [6.07, 6.45) is 0. The van der Waals surface area contributed by atoms with Gasteiger partial charge in [0.05, 0.1) is 11.4 Å². The van der Waals surface area contributed by atoms with Crippen LogP contribution in [0.25, 0.3) is 10.8 Å². The van der Waals surface area contributed by atoms with Crippen molar-refractivity contribution < 1.29 is 0 Å². The second kappa shape index (κ2) is 4.94. The van der Waals surface area contributed by atoms with Crippen molar-refractivity contribution in [3.63, 3.8) is 0 Å². The SMILES string of the molecule is Nc1c(Nc2ccc(Br)cc2)ccc2ccccc12. The number of halogens is 1. The van der Waals surface area contributed by atoms with Gasteiger partial charge in [-0.25, -0.2) is 0 Å². The van der Waals surface area contributed by atoms with Crippen LogP contribution < -0.4 is 11.1 Å². The summed E-state index contributed by atoms with van der Waals surface area (Å²) in [5.41, 5.74) is 8.95. The fourth-order valence-corrected chi connectivity index (χ4v) is 2.36. The molecule has 0 fully saturated rings. The Balaban J connectivity index is 2.01. The largest absolute Gasteiger partial charge is 0.397 e. The van der Waals surface area contributed by atoms with E-state index < -0.39 is 0 Å². The highest BCUT2D eigenvalue weighted by atomic mass is 79.9. The average Bonchev–Trinajstić information content (AvgIpc) is 2.45. The molecule has 3 aromatic carbocycles. The zero-order valence-corrected chi connectivity index (χ0v) is 11.8. The maximum absolute atomic E-state index is 6.22. The number of nitrogens with two attached hydrogens (primary N) is 1. The molecule has 0 aliphatic rings. The molecule has 19 heavy (non-hydrogen) atoms. The zero-order chi connectivity index (χ0) is 13.2. The molecule has 0 heterocycles. The fraction of sp³-hybridized carbons (Fsp3) is 0. The second-order valence-corrected chi connectivity index (χ2v) is 5.30. The maximum atomic E-state index is 6.22. The van der Waals surface area contributed by atoms with Gasteiger partial charge in [-0.05, 0) is 35.7 Å². The lowest BCUT2D eigenvalue weighted by molar-refractivity contribution is 1.55. The van der Waals surface area contributed by atoms with Crippen molar-refractivity contribution >= 4 is 43.8 Å². The third kappa shape index (κ3) is 2.42. The van der Waals surface area contributed by atoms with Crippen LogP contribution in [-0.2, 0) is 0 Å². The lowest BCUT2D eigenvalue weighted by atomic mass is 10.1. The van der Waals surface area contributed by atoms with Gasteiger partial charge in [-0.2, -0.15) is 0 Å². The van der Waals surface area contributed by atoms with E-state index in [9.17, 15) is 0 Å². The Hall–Kier alpha value is -2.00. The van der Waals surface area contributed by atoms with Crippen LogP contribution in [0.2, 0.25) is 0 Å². The molecule has 0 aliphatic carbocycles. The number of rotatable bonds is 2. The van der Waals surface area contributed by atoms with Gasteiger partial charge in [-0.15, -0.1) is 0 Å². The topological polar surface area (TPSA) is 38.0 Å². The Labute approximate surface area is 120 Å². The van der Waals surface area contributed by atoms with Crippen molar-refractivity contribution in [3.05, 3.63) is 65.1 Å². The number of hydrogen-bond donors (Lipinski definition) is 2. The third-order valence-electron chi connectivity index (χ3n) is 3.09. The highest BCUT2D eigenvalue weighted by Crippen LogP contribution is 2.30. The first-order valence-corrected chi connectivity index (χ1v) is 6.83. The highest BCUT2D eigenvalue weighted by molar-refractivity contribution is 9.10. The van der Waals surface area contributed by atoms with E-state index in [1.165, 1.54) is 0 Å². The minimum Gasteiger partial charge on any atom is -0.397 e. The lowest BCUT2D eigenvalue weighted by Gasteiger charge is -2.11. The Morgan fingerprint density at radius 3 is 2.37 bits per heavy atom. The first-order chi connectivity index (χ1) is 9.24. The maximum Gasteiger partial charge on any atom is 0.0633 e. The summed E-state index contributed by atoms with van der Waals surface area (Å²) in [5.74, 6) is 0. The number of nitrogen functional groups attached to an aromatic ring is 1. The van der Waals surface area contributed by atoms with Crippen LogP contribution in [-0.4, -0.2) is 0 Å². The van der Waals surface area contributed by atoms with E-state index in [4.69, 9.17) is 5.73 Å². The molecule has 3 N–H and O–H groups in total. The molecule has 94 valence electrons. The summed E-state index contributed by atoms with van der Waals surface area (Å²) in [6.45, 7) is 0. The quantitative estimate of drug-likeness (QED) is 0.658. The first-order valence-electron chi connectivity index (χ1n) is 6.04. The van der Waals surface area contributed by atoms with Gasteiger partial charge < -0.3 is 11.1 Å². The number of benzene rings is 3. The molecule has 0 radical (unpaired) electrons. The van der Waals surface area contributed by atoms with E-state index in [1.807, 2.05) is 48.5 Å². The van der Waals surface area contributed by atoms with Crippen LogP contribution >= 0.6 is 15.9 Å². The molecule has 0 saturated heterocycles. The van der Waals surface area contributed by atoms with Gasteiger partial charge in [0.15, 0.2) is 0 Å². The number of nitrogens with one attached hydrogen (secondary N) is 1. The summed E-state index contributed by atoms with van der Waals surface area (Å²) < 4.78 is 1.06. The molecule has 0 spiro atoms. The molecule has 2 nitrogen and oxygen atoms in total. The van der Waals surface area contributed by atoms with Crippen molar-refractivity contribution in [1.82, 2.24) is 0 Å². The Morgan fingerprint density at radius 2 is 1.58 bits per heavy atom. The number of hydrogen-bond acceptors (Lipinski definition) is 2. The van der Waals surface area contributed by atoms with Gasteiger partial charge in [0.25, 0.3) is 0 Å². The fourth-order valence-electron chi connectivity index (χ4n) is 2.09. The van der Waals surface area contributed by atoms with Gasteiger partial charge >= 0.3 is 0 Å². The Bertz CT molecular complexity index is 720. The van der Waals surface area contributed by atoms with Crippen LogP contribution in [0.3, 0.4) is 0 Å². The van der Waals surface area contributed by atoms with Crippen molar-refractivity contribution in [1.29, 1.82) is 0 Å². The molecule has 0 aliphatic heterocycles. The smallest absolute Gasteiger partial charge is 0.0633 e. The van der Waals surface area contributed by atoms with Crippen LogP contribution in [0.4, 0.5) is 17.1 Å². The minimum atomic E-state index is 0.779. The molecule has 0 unspecified atom stereocenters. The van der Waals surface area contributed by atoms with Crippen LogP contribution in [0.5, 0.6) is 0 Å². The standard InChI is InChI=1S/C16H13BrN2/c17-12-6-8-13(9-7-12)19-15-10-5-11-3-1-2-4-14(11)16(15)18/h1-10,19H,18H2. The van der Waals surface area contributed by atoms with E-state index >= 15 is 0 Å². The predicted octanol–water partition coefficient (Wildman–Crippen LogP) is 4.93. The molecule has 0 amide bonds. The van der Waals surface area contributed by atoms with Crippen molar-refractivity contribution in [2.45, 2.75) is 0 Å². The molecule has 0 bridgehead atoms. The van der Waals surface area contributed by atoms with Gasteiger partial charge in [0.2, 0.25) is 0 Å². The summed E-state index contributed by atoms with van der Waals surface area (Å²) in [7, 11) is 0. The number of fused-ring (bicyclic) bond motifs is 1. The van der Waals surface area contributed by atoms with E-state index in [2.05, 4.69) is 33.4 Å². The lowest BCUT2D eigenvalue weighted by Crippen LogP contribution is -1.97. The van der Waals surface area contributed by atoms with E-state index in [0.29, 0.717) is 0 Å². The van der Waals surface area contributed by atoms with Gasteiger partial charge in [-0.1, -0.05) is 46.3 Å². The summed E-state index contributed by atoms with van der Waals surface area (Å²) >= 11 is 3.43. The molecule has 0 saturated carbocycles. The van der Waals surface area contributed by atoms with E-state index in [1.54, 1.807) is 0 Å². The van der Waals surface area contributed by atoms with Gasteiger partial charge in [-0.3, -0.25) is 0 Å². The van der Waals surface area contributed by atoms with Crippen LogP contribution in [0.1, 0.15) is 0 Å². The third-order valence-corrected chi connectivity index (χ3v) is 3.62. The molecular formula is C16H13BrN2. The van der Waals surface area contributed by atoms with Crippen LogP contribution in [0.15, 0.2) is 65.1 Å². The Morgan fingerprint density at radius 1 is 0.842 bits per heavy atom. The predicted molar refractivity (Wildman–Crippen MR) is 85.8 cm³/mol. The van der Waals surface area contributed by atoms with Crippen LogP contribution in [0, 0.1) is 0 Å². The van der Waals surface area contributed by atoms with Crippen molar-refractivity contribution in [3.8, 4) is 0 Å². The van der Waals surface area contributed by atoms with Crippen molar-refractivity contribution in [2.24, 2.45) is 0 Å². The molecule has 3 aromatic rings. The Kier molecular flexibility index (Phi) is 3.13. The van der Waals surface area contributed by atoms with Gasteiger partial charge in [0, 0.05) is 15.5 Å². The van der Waals surface area contributed by atoms with E-state index in [0.717, 1.165) is 32.3 Å². The summed E-state index contributed by atoms with van der Waals surface area (Å²) in [6, 6.07) is 20.2. The van der Waals surface area contributed by atoms with Gasteiger partial charge in [0.1, 0.15) is 0 Å². The minimum absolute atomic E-state index is 0.779.